The Morgan fingerprint density at radius 2 is 2.14 bits per heavy atom. The number of carbonyl (C=O) groups is 1. The summed E-state index contributed by atoms with van der Waals surface area (Å²) in [6.07, 6.45) is 1.21. The van der Waals surface area contributed by atoms with E-state index in [-0.39, 0.29) is 24.2 Å². The summed E-state index contributed by atoms with van der Waals surface area (Å²) >= 11 is 1.16. The maximum Gasteiger partial charge on any atom is 0.265 e. The van der Waals surface area contributed by atoms with Gasteiger partial charge in [-0.15, -0.1) is 5.10 Å². The molecule has 21 heavy (non-hydrogen) atoms. The number of amides is 1. The maximum atomic E-state index is 12.2. The molecule has 1 aliphatic rings. The van der Waals surface area contributed by atoms with Gasteiger partial charge in [-0.05, 0) is 38.7 Å². The fourth-order valence-electron chi connectivity index (χ4n) is 2.64. The Labute approximate surface area is 130 Å². The second kappa shape index (κ2) is 7.29. The summed E-state index contributed by atoms with van der Waals surface area (Å²) in [5.74, 6) is -0.0666. The summed E-state index contributed by atoms with van der Waals surface area (Å²) in [5.41, 5.74) is 0.777. The van der Waals surface area contributed by atoms with Crippen LogP contribution in [0.2, 0.25) is 0 Å². The molecule has 0 radical (unpaired) electrons. The van der Waals surface area contributed by atoms with Gasteiger partial charge in [-0.2, -0.15) is 0 Å². The lowest BCUT2D eigenvalue weighted by Gasteiger charge is -2.38. The average Bonchev–Trinajstić information content (AvgIpc) is 2.91. The predicted octanol–water partition coefficient (Wildman–Crippen LogP) is 1.33. The van der Waals surface area contributed by atoms with Gasteiger partial charge in [-0.1, -0.05) is 11.4 Å². The number of ether oxygens (including phenoxy) is 1. The number of aromatic nitrogens is 2. The SMILES string of the molecule is CCc1nnsc1C(=O)NCC(C)N1CC(C)OC(C)C1. The molecule has 3 atom stereocenters. The van der Waals surface area contributed by atoms with Gasteiger partial charge >= 0.3 is 0 Å². The van der Waals surface area contributed by atoms with Crippen molar-refractivity contribution in [2.24, 2.45) is 0 Å². The minimum absolute atomic E-state index is 0.0666. The molecule has 1 saturated heterocycles. The van der Waals surface area contributed by atoms with Crippen LogP contribution in [0, 0.1) is 0 Å². The molecule has 1 aromatic rings. The van der Waals surface area contributed by atoms with Crippen molar-refractivity contribution in [2.45, 2.75) is 52.4 Å². The van der Waals surface area contributed by atoms with Gasteiger partial charge in [-0.25, -0.2) is 0 Å². The number of hydrogen-bond acceptors (Lipinski definition) is 6. The van der Waals surface area contributed by atoms with E-state index in [1.807, 2.05) is 6.92 Å². The first kappa shape index (κ1) is 16.3. The third-order valence-electron chi connectivity index (χ3n) is 3.73. The molecule has 118 valence electrons. The van der Waals surface area contributed by atoms with E-state index >= 15 is 0 Å². The van der Waals surface area contributed by atoms with Crippen molar-refractivity contribution in [1.29, 1.82) is 0 Å². The van der Waals surface area contributed by atoms with E-state index in [2.05, 4.69) is 40.6 Å². The number of nitrogens with zero attached hydrogens (tertiary/aromatic N) is 3. The summed E-state index contributed by atoms with van der Waals surface area (Å²) in [7, 11) is 0. The normalized spacial score (nSPS) is 24.8. The molecule has 0 aromatic carbocycles. The van der Waals surface area contributed by atoms with E-state index < -0.39 is 0 Å². The molecule has 2 heterocycles. The number of hydrogen-bond donors (Lipinski definition) is 1. The molecule has 0 bridgehead atoms. The van der Waals surface area contributed by atoms with Crippen molar-refractivity contribution in [3.8, 4) is 0 Å². The number of morpholine rings is 1. The van der Waals surface area contributed by atoms with Gasteiger partial charge in [0.05, 0.1) is 17.9 Å². The Kier molecular flexibility index (Phi) is 5.66. The maximum absolute atomic E-state index is 12.2. The lowest BCUT2D eigenvalue weighted by Crippen LogP contribution is -2.52. The van der Waals surface area contributed by atoms with E-state index in [9.17, 15) is 4.79 Å². The van der Waals surface area contributed by atoms with E-state index in [1.165, 1.54) is 0 Å². The number of nitrogens with one attached hydrogen (secondary N) is 1. The predicted molar refractivity (Wildman–Crippen MR) is 82.7 cm³/mol. The second-order valence-electron chi connectivity index (χ2n) is 5.67. The Hall–Kier alpha value is -1.05. The molecule has 1 N–H and O–H groups in total. The third-order valence-corrected chi connectivity index (χ3v) is 4.49. The Bertz CT molecular complexity index is 469. The first-order valence-electron chi connectivity index (χ1n) is 7.50. The Morgan fingerprint density at radius 1 is 1.48 bits per heavy atom. The molecule has 1 fully saturated rings. The van der Waals surface area contributed by atoms with Crippen molar-refractivity contribution in [3.05, 3.63) is 10.6 Å². The van der Waals surface area contributed by atoms with Crippen LogP contribution in [-0.2, 0) is 11.2 Å². The van der Waals surface area contributed by atoms with Crippen LogP contribution in [0.25, 0.3) is 0 Å². The summed E-state index contributed by atoms with van der Waals surface area (Å²) in [4.78, 5) is 15.2. The zero-order valence-electron chi connectivity index (χ0n) is 13.1. The zero-order chi connectivity index (χ0) is 15.4. The molecule has 2 rings (SSSR count). The molecule has 1 aliphatic heterocycles. The quantitative estimate of drug-likeness (QED) is 0.888. The van der Waals surface area contributed by atoms with Gasteiger partial charge in [0.1, 0.15) is 4.88 Å². The second-order valence-corrected chi connectivity index (χ2v) is 6.43. The lowest BCUT2D eigenvalue weighted by atomic mass is 10.1. The molecule has 0 saturated carbocycles. The van der Waals surface area contributed by atoms with Crippen LogP contribution in [0.5, 0.6) is 0 Å². The molecule has 1 amide bonds. The molecule has 1 aromatic heterocycles. The zero-order valence-corrected chi connectivity index (χ0v) is 13.9. The average molecular weight is 312 g/mol. The third kappa shape index (κ3) is 4.21. The molecular formula is C14H24N4O2S. The number of rotatable bonds is 5. The van der Waals surface area contributed by atoms with Crippen molar-refractivity contribution >= 4 is 17.4 Å². The highest BCUT2D eigenvalue weighted by atomic mass is 32.1. The summed E-state index contributed by atoms with van der Waals surface area (Å²) < 4.78 is 9.59. The highest BCUT2D eigenvalue weighted by molar-refractivity contribution is 7.08. The highest BCUT2D eigenvalue weighted by Crippen LogP contribution is 2.14. The van der Waals surface area contributed by atoms with Gasteiger partial charge in [0.15, 0.2) is 0 Å². The van der Waals surface area contributed by atoms with Crippen LogP contribution in [0.1, 0.15) is 43.1 Å². The topological polar surface area (TPSA) is 67.4 Å². The fraction of sp³-hybridized carbons (Fsp3) is 0.786. The largest absolute Gasteiger partial charge is 0.373 e. The van der Waals surface area contributed by atoms with Crippen LogP contribution >= 0.6 is 11.5 Å². The van der Waals surface area contributed by atoms with Crippen LogP contribution in [0.4, 0.5) is 0 Å². The summed E-state index contributed by atoms with van der Waals surface area (Å²) in [6, 6.07) is 0.286. The number of aryl methyl sites for hydroxylation is 1. The molecule has 0 aliphatic carbocycles. The molecule has 6 nitrogen and oxygen atoms in total. The van der Waals surface area contributed by atoms with Gasteiger partial charge in [0.2, 0.25) is 0 Å². The van der Waals surface area contributed by atoms with Crippen LogP contribution < -0.4 is 5.32 Å². The highest BCUT2D eigenvalue weighted by Gasteiger charge is 2.26. The summed E-state index contributed by atoms with van der Waals surface area (Å²) in [5, 5.41) is 6.97. The number of carbonyl (C=O) groups excluding carboxylic acids is 1. The van der Waals surface area contributed by atoms with E-state index in [4.69, 9.17) is 4.74 Å². The van der Waals surface area contributed by atoms with Crippen LogP contribution in [-0.4, -0.2) is 58.3 Å². The first-order valence-corrected chi connectivity index (χ1v) is 8.27. The van der Waals surface area contributed by atoms with Gasteiger partial charge < -0.3 is 10.1 Å². The molecular weight excluding hydrogens is 288 g/mol. The smallest absolute Gasteiger partial charge is 0.265 e. The van der Waals surface area contributed by atoms with Gasteiger partial charge in [-0.3, -0.25) is 9.69 Å². The van der Waals surface area contributed by atoms with E-state index in [0.29, 0.717) is 11.4 Å². The van der Waals surface area contributed by atoms with Crippen molar-refractivity contribution in [3.63, 3.8) is 0 Å². The molecule has 3 unspecified atom stereocenters. The van der Waals surface area contributed by atoms with Crippen LogP contribution in [0.3, 0.4) is 0 Å². The first-order chi connectivity index (χ1) is 10.0. The van der Waals surface area contributed by atoms with Crippen LogP contribution in [0.15, 0.2) is 0 Å². The minimum Gasteiger partial charge on any atom is -0.373 e. The van der Waals surface area contributed by atoms with E-state index in [0.717, 1.165) is 36.7 Å². The lowest BCUT2D eigenvalue weighted by molar-refractivity contribution is -0.0778. The molecule has 7 heteroatoms. The summed E-state index contributed by atoms with van der Waals surface area (Å²) in [6.45, 7) is 10.7. The van der Waals surface area contributed by atoms with Crippen molar-refractivity contribution in [1.82, 2.24) is 19.8 Å². The fourth-order valence-corrected chi connectivity index (χ4v) is 3.31. The Balaban J connectivity index is 1.86. The minimum atomic E-state index is -0.0666. The molecule has 0 spiro atoms. The standard InChI is InChI=1S/C14H24N4O2S/c1-5-12-13(21-17-16-12)14(19)15-6-9(2)18-7-10(3)20-11(4)8-18/h9-11H,5-8H2,1-4H3,(H,15,19). The van der Waals surface area contributed by atoms with E-state index in [1.54, 1.807) is 0 Å². The monoisotopic (exact) mass is 312 g/mol. The van der Waals surface area contributed by atoms with Crippen molar-refractivity contribution in [2.75, 3.05) is 19.6 Å². The Morgan fingerprint density at radius 3 is 2.76 bits per heavy atom. The van der Waals surface area contributed by atoms with Gasteiger partial charge in [0, 0.05) is 25.7 Å². The van der Waals surface area contributed by atoms with Gasteiger partial charge in [0.25, 0.3) is 5.91 Å². The van der Waals surface area contributed by atoms with Crippen molar-refractivity contribution < 1.29 is 9.53 Å².